The van der Waals surface area contributed by atoms with Crippen LogP contribution in [0.25, 0.3) is 0 Å². The van der Waals surface area contributed by atoms with Crippen LogP contribution in [-0.4, -0.2) is 42.5 Å². The van der Waals surface area contributed by atoms with Crippen molar-refractivity contribution in [2.24, 2.45) is 0 Å². The monoisotopic (exact) mass is 508 g/mol. The molecule has 0 radical (unpaired) electrons. The van der Waals surface area contributed by atoms with E-state index in [0.29, 0.717) is 36.7 Å². The summed E-state index contributed by atoms with van der Waals surface area (Å²) in [4.78, 5) is 27.5. The third-order valence-electron chi connectivity index (χ3n) is 4.94. The fourth-order valence-electron chi connectivity index (χ4n) is 3.22. The van der Waals surface area contributed by atoms with Crippen LogP contribution in [0.4, 0.5) is 0 Å². The number of nitrogens with zero attached hydrogens (tertiary/aromatic N) is 1. The molecular formula is C24H30BrClN2O3. The molecule has 2 rings (SSSR count). The Hall–Kier alpha value is -2.05. The highest BCUT2D eigenvalue weighted by Crippen LogP contribution is 2.27. The van der Waals surface area contributed by atoms with Crippen molar-refractivity contribution in [2.45, 2.75) is 45.6 Å². The smallest absolute Gasteiger partial charge is 0.261 e. The largest absolute Gasteiger partial charge is 0.482 e. The molecule has 0 saturated carbocycles. The molecule has 0 spiro atoms. The van der Waals surface area contributed by atoms with Crippen molar-refractivity contribution < 1.29 is 14.3 Å². The molecule has 0 heterocycles. The number of nitrogens with one attached hydrogen (secondary N) is 1. The van der Waals surface area contributed by atoms with Gasteiger partial charge in [-0.05, 0) is 43.0 Å². The minimum absolute atomic E-state index is 0.126. The summed E-state index contributed by atoms with van der Waals surface area (Å²) >= 11 is 9.55. The predicted molar refractivity (Wildman–Crippen MR) is 129 cm³/mol. The SMILES string of the molecule is CCCCNC(=O)[C@@H](CC)N(CCc1ccccc1)C(=O)COc1ccc(Br)cc1Cl. The fraction of sp³-hybridized carbons (Fsp3) is 0.417. The van der Waals surface area contributed by atoms with Crippen LogP contribution < -0.4 is 10.1 Å². The Morgan fingerprint density at radius 2 is 1.90 bits per heavy atom. The zero-order valence-corrected chi connectivity index (χ0v) is 20.4. The zero-order valence-electron chi connectivity index (χ0n) is 18.1. The minimum Gasteiger partial charge on any atom is -0.482 e. The van der Waals surface area contributed by atoms with E-state index in [4.69, 9.17) is 16.3 Å². The van der Waals surface area contributed by atoms with Gasteiger partial charge in [0.25, 0.3) is 5.91 Å². The van der Waals surface area contributed by atoms with Crippen molar-refractivity contribution >= 4 is 39.3 Å². The number of benzene rings is 2. The van der Waals surface area contributed by atoms with Gasteiger partial charge in [-0.1, -0.05) is 78.1 Å². The maximum Gasteiger partial charge on any atom is 0.261 e. The highest BCUT2D eigenvalue weighted by molar-refractivity contribution is 9.10. The van der Waals surface area contributed by atoms with E-state index in [2.05, 4.69) is 28.2 Å². The van der Waals surface area contributed by atoms with Gasteiger partial charge in [0.1, 0.15) is 11.8 Å². The van der Waals surface area contributed by atoms with Crippen molar-refractivity contribution in [3.05, 3.63) is 63.6 Å². The molecule has 168 valence electrons. The van der Waals surface area contributed by atoms with Crippen molar-refractivity contribution in [3.63, 3.8) is 0 Å². The molecule has 0 aliphatic carbocycles. The summed E-state index contributed by atoms with van der Waals surface area (Å²) in [6.07, 6.45) is 3.09. The first-order valence-electron chi connectivity index (χ1n) is 10.6. The van der Waals surface area contributed by atoms with Gasteiger partial charge >= 0.3 is 0 Å². The summed E-state index contributed by atoms with van der Waals surface area (Å²) in [5.41, 5.74) is 1.11. The number of amides is 2. The van der Waals surface area contributed by atoms with Gasteiger partial charge in [-0.15, -0.1) is 0 Å². The number of carbonyl (C=O) groups is 2. The highest BCUT2D eigenvalue weighted by atomic mass is 79.9. The van der Waals surface area contributed by atoms with Crippen LogP contribution in [0.2, 0.25) is 5.02 Å². The Morgan fingerprint density at radius 1 is 1.16 bits per heavy atom. The van der Waals surface area contributed by atoms with Crippen molar-refractivity contribution in [1.82, 2.24) is 10.2 Å². The van der Waals surface area contributed by atoms with Gasteiger partial charge in [-0.25, -0.2) is 0 Å². The molecule has 2 aromatic carbocycles. The van der Waals surface area contributed by atoms with Crippen LogP contribution in [0.5, 0.6) is 5.75 Å². The lowest BCUT2D eigenvalue weighted by Crippen LogP contribution is -2.51. The predicted octanol–water partition coefficient (Wildman–Crippen LogP) is 5.25. The van der Waals surface area contributed by atoms with Gasteiger partial charge in [0.05, 0.1) is 5.02 Å². The van der Waals surface area contributed by atoms with Crippen LogP contribution in [0.15, 0.2) is 53.0 Å². The lowest BCUT2D eigenvalue weighted by molar-refractivity contribution is -0.142. The fourth-order valence-corrected chi connectivity index (χ4v) is 3.94. The molecular weight excluding hydrogens is 480 g/mol. The van der Waals surface area contributed by atoms with Gasteiger partial charge in [0, 0.05) is 17.6 Å². The first-order valence-corrected chi connectivity index (χ1v) is 11.8. The quantitative estimate of drug-likeness (QED) is 0.398. The zero-order chi connectivity index (χ0) is 22.6. The topological polar surface area (TPSA) is 58.6 Å². The van der Waals surface area contributed by atoms with Crippen LogP contribution in [0.1, 0.15) is 38.7 Å². The van der Waals surface area contributed by atoms with Crippen molar-refractivity contribution in [3.8, 4) is 5.75 Å². The average Bonchev–Trinajstić information content (AvgIpc) is 2.76. The normalized spacial score (nSPS) is 11.6. The molecule has 5 nitrogen and oxygen atoms in total. The van der Waals surface area contributed by atoms with Crippen LogP contribution >= 0.6 is 27.5 Å². The summed E-state index contributed by atoms with van der Waals surface area (Å²) in [5.74, 6) is 0.0631. The van der Waals surface area contributed by atoms with Crippen LogP contribution in [-0.2, 0) is 16.0 Å². The van der Waals surface area contributed by atoms with Gasteiger partial charge in [-0.3, -0.25) is 9.59 Å². The van der Waals surface area contributed by atoms with E-state index >= 15 is 0 Å². The summed E-state index contributed by atoms with van der Waals surface area (Å²) in [6, 6.07) is 14.6. The minimum atomic E-state index is -0.544. The second kappa shape index (κ2) is 13.4. The molecule has 0 saturated heterocycles. The number of carbonyl (C=O) groups excluding carboxylic acids is 2. The maximum absolute atomic E-state index is 13.1. The third kappa shape index (κ3) is 8.19. The Bertz CT molecular complexity index is 848. The molecule has 2 aromatic rings. The summed E-state index contributed by atoms with van der Waals surface area (Å²) in [7, 11) is 0. The average molecular weight is 510 g/mol. The highest BCUT2D eigenvalue weighted by Gasteiger charge is 2.28. The summed E-state index contributed by atoms with van der Waals surface area (Å²) < 4.78 is 6.51. The van der Waals surface area contributed by atoms with E-state index in [9.17, 15) is 9.59 Å². The Kier molecular flexibility index (Phi) is 10.9. The number of unbranched alkanes of at least 4 members (excludes halogenated alkanes) is 1. The Morgan fingerprint density at radius 3 is 2.55 bits per heavy atom. The Labute approximate surface area is 198 Å². The molecule has 31 heavy (non-hydrogen) atoms. The third-order valence-corrected chi connectivity index (χ3v) is 5.73. The molecule has 7 heteroatoms. The Balaban J connectivity index is 2.11. The second-order valence-electron chi connectivity index (χ2n) is 7.25. The summed E-state index contributed by atoms with van der Waals surface area (Å²) in [6.45, 7) is 4.84. The molecule has 0 aliphatic heterocycles. The van der Waals surface area contributed by atoms with Crippen molar-refractivity contribution in [1.29, 1.82) is 0 Å². The van der Waals surface area contributed by atoms with Gasteiger partial charge < -0.3 is 15.0 Å². The number of hydrogen-bond acceptors (Lipinski definition) is 3. The summed E-state index contributed by atoms with van der Waals surface area (Å²) in [5, 5.41) is 3.38. The second-order valence-corrected chi connectivity index (χ2v) is 8.58. The van der Waals surface area contributed by atoms with E-state index in [1.807, 2.05) is 37.3 Å². The number of halogens is 2. The molecule has 0 unspecified atom stereocenters. The number of rotatable bonds is 12. The van der Waals surface area contributed by atoms with E-state index in [-0.39, 0.29) is 18.4 Å². The number of hydrogen-bond donors (Lipinski definition) is 1. The molecule has 2 amide bonds. The van der Waals surface area contributed by atoms with Crippen LogP contribution in [0.3, 0.4) is 0 Å². The van der Waals surface area contributed by atoms with E-state index in [1.165, 1.54) is 0 Å². The molecule has 1 atom stereocenters. The lowest BCUT2D eigenvalue weighted by Gasteiger charge is -2.30. The first-order chi connectivity index (χ1) is 15.0. The molecule has 0 bridgehead atoms. The number of ether oxygens (including phenoxy) is 1. The maximum atomic E-state index is 13.1. The molecule has 1 N–H and O–H groups in total. The van der Waals surface area contributed by atoms with E-state index in [1.54, 1.807) is 23.1 Å². The molecule has 0 aromatic heterocycles. The van der Waals surface area contributed by atoms with Gasteiger partial charge in [0.15, 0.2) is 6.61 Å². The lowest BCUT2D eigenvalue weighted by atomic mass is 10.1. The van der Waals surface area contributed by atoms with E-state index < -0.39 is 6.04 Å². The van der Waals surface area contributed by atoms with E-state index in [0.717, 1.165) is 22.9 Å². The van der Waals surface area contributed by atoms with Gasteiger partial charge in [-0.2, -0.15) is 0 Å². The van der Waals surface area contributed by atoms with Crippen molar-refractivity contribution in [2.75, 3.05) is 19.7 Å². The first kappa shape index (κ1) is 25.2. The molecule has 0 aliphatic rings. The molecule has 0 fully saturated rings. The standard InChI is InChI=1S/C24H30BrClN2O3/c1-3-5-14-27-24(30)21(4-2)28(15-13-18-9-7-6-8-10-18)23(29)17-31-22-12-11-19(25)16-20(22)26/h6-12,16,21H,3-5,13-15,17H2,1-2H3,(H,27,30)/t21-/m1/s1. The van der Waals surface area contributed by atoms with Gasteiger partial charge in [0.2, 0.25) is 5.91 Å². The van der Waals surface area contributed by atoms with Crippen LogP contribution in [0, 0.1) is 0 Å².